The van der Waals surface area contributed by atoms with Gasteiger partial charge < -0.3 is 14.8 Å². The monoisotopic (exact) mass is 307 g/mol. The Morgan fingerprint density at radius 2 is 1.55 bits per heavy atom. The van der Waals surface area contributed by atoms with Crippen LogP contribution in [0.15, 0.2) is 30.3 Å². The van der Waals surface area contributed by atoms with Gasteiger partial charge in [0.25, 0.3) is 0 Å². The van der Waals surface area contributed by atoms with E-state index in [0.29, 0.717) is 13.0 Å². The Labute approximate surface area is 129 Å². The summed E-state index contributed by atoms with van der Waals surface area (Å²) in [5.74, 6) is -4.06. The average Bonchev–Trinajstić information content (AvgIpc) is 2.49. The topological polar surface area (TPSA) is 81.7 Å². The lowest BCUT2D eigenvalue weighted by Gasteiger charge is -2.14. The highest BCUT2D eigenvalue weighted by Gasteiger charge is 2.36. The summed E-state index contributed by atoms with van der Waals surface area (Å²) in [6.07, 6.45) is 0.602. The molecule has 6 nitrogen and oxygen atoms in total. The number of amides is 1. The molecule has 0 atom stereocenters. The summed E-state index contributed by atoms with van der Waals surface area (Å²) in [4.78, 5) is 35.6. The Balaban J connectivity index is 2.59. The van der Waals surface area contributed by atoms with Gasteiger partial charge in [-0.2, -0.15) is 0 Å². The van der Waals surface area contributed by atoms with E-state index in [-0.39, 0.29) is 13.2 Å². The van der Waals surface area contributed by atoms with E-state index in [4.69, 9.17) is 9.47 Å². The highest BCUT2D eigenvalue weighted by atomic mass is 16.6. The third-order valence-electron chi connectivity index (χ3n) is 2.86. The Morgan fingerprint density at radius 1 is 1.00 bits per heavy atom. The van der Waals surface area contributed by atoms with Crippen LogP contribution in [0, 0.1) is 5.92 Å². The molecule has 0 aromatic heterocycles. The molecule has 6 heteroatoms. The largest absolute Gasteiger partial charge is 0.465 e. The number of carbonyl (C=O) groups excluding carboxylic acids is 3. The summed E-state index contributed by atoms with van der Waals surface area (Å²) in [6, 6.07) is 9.56. The lowest BCUT2D eigenvalue weighted by atomic mass is 10.1. The van der Waals surface area contributed by atoms with Crippen LogP contribution in [0.4, 0.5) is 0 Å². The average molecular weight is 307 g/mol. The van der Waals surface area contributed by atoms with Crippen LogP contribution in [-0.4, -0.2) is 37.6 Å². The highest BCUT2D eigenvalue weighted by Crippen LogP contribution is 2.05. The number of esters is 2. The first kappa shape index (κ1) is 17.7. The Kier molecular flexibility index (Phi) is 7.67. The number of carbonyl (C=O) groups is 3. The second-order valence-corrected chi connectivity index (χ2v) is 4.46. The third-order valence-corrected chi connectivity index (χ3v) is 2.86. The number of benzene rings is 1. The fourth-order valence-corrected chi connectivity index (χ4v) is 1.84. The number of nitrogens with one attached hydrogen (secondary N) is 1. The second kappa shape index (κ2) is 9.55. The van der Waals surface area contributed by atoms with E-state index in [1.807, 2.05) is 30.3 Å². The molecule has 0 radical (unpaired) electrons. The highest BCUT2D eigenvalue weighted by molar-refractivity contribution is 6.14. The standard InChI is InChI=1S/C16H21NO5/c1-3-21-15(19)13(16(20)22-4-2)14(18)17-11-10-12-8-6-5-7-9-12/h5-9,13H,3-4,10-11H2,1-2H3,(H,17,18). The van der Waals surface area contributed by atoms with Crippen molar-refractivity contribution in [1.82, 2.24) is 5.32 Å². The van der Waals surface area contributed by atoms with Gasteiger partial charge in [-0.3, -0.25) is 14.4 Å². The number of ether oxygens (including phenoxy) is 2. The summed E-state index contributed by atoms with van der Waals surface area (Å²) in [5.41, 5.74) is 1.05. The van der Waals surface area contributed by atoms with Crippen LogP contribution in [0.3, 0.4) is 0 Å². The van der Waals surface area contributed by atoms with Crippen molar-refractivity contribution in [1.29, 1.82) is 0 Å². The Hall–Kier alpha value is -2.37. The molecule has 0 aliphatic carbocycles. The van der Waals surface area contributed by atoms with Crippen molar-refractivity contribution in [2.45, 2.75) is 20.3 Å². The summed E-state index contributed by atoms with van der Waals surface area (Å²) in [6.45, 7) is 3.71. The zero-order valence-corrected chi connectivity index (χ0v) is 12.8. The maximum atomic E-state index is 12.1. The van der Waals surface area contributed by atoms with Gasteiger partial charge in [0.05, 0.1) is 13.2 Å². The number of rotatable bonds is 8. The predicted molar refractivity (Wildman–Crippen MR) is 79.9 cm³/mol. The van der Waals surface area contributed by atoms with Gasteiger partial charge in [-0.25, -0.2) is 0 Å². The number of hydrogen-bond acceptors (Lipinski definition) is 5. The van der Waals surface area contributed by atoms with Gasteiger partial charge in [-0.1, -0.05) is 30.3 Å². The first-order valence-corrected chi connectivity index (χ1v) is 7.25. The molecule has 1 aromatic rings. The van der Waals surface area contributed by atoms with Gasteiger partial charge in [0.15, 0.2) is 0 Å². The molecule has 0 bridgehead atoms. The molecule has 0 fully saturated rings. The maximum absolute atomic E-state index is 12.1. The van der Waals surface area contributed by atoms with Crippen LogP contribution in [0.25, 0.3) is 0 Å². The molecule has 22 heavy (non-hydrogen) atoms. The lowest BCUT2D eigenvalue weighted by molar-refractivity contribution is -0.164. The van der Waals surface area contributed by atoms with Crippen molar-refractivity contribution < 1.29 is 23.9 Å². The summed E-state index contributed by atoms with van der Waals surface area (Å²) in [7, 11) is 0. The van der Waals surface area contributed by atoms with Gasteiger partial charge in [0.1, 0.15) is 0 Å². The fourth-order valence-electron chi connectivity index (χ4n) is 1.84. The van der Waals surface area contributed by atoms with Gasteiger partial charge in [-0.15, -0.1) is 0 Å². The van der Waals surface area contributed by atoms with Crippen molar-refractivity contribution in [3.05, 3.63) is 35.9 Å². The summed E-state index contributed by atoms with van der Waals surface area (Å²) in [5, 5.41) is 2.57. The minimum atomic E-state index is -1.57. The minimum Gasteiger partial charge on any atom is -0.465 e. The first-order chi connectivity index (χ1) is 10.6. The van der Waals surface area contributed by atoms with Gasteiger partial charge in [0.2, 0.25) is 11.8 Å². The Morgan fingerprint density at radius 3 is 2.05 bits per heavy atom. The van der Waals surface area contributed by atoms with Crippen molar-refractivity contribution in [2.24, 2.45) is 5.92 Å². The molecule has 0 unspecified atom stereocenters. The zero-order valence-electron chi connectivity index (χ0n) is 12.8. The fraction of sp³-hybridized carbons (Fsp3) is 0.438. The van der Waals surface area contributed by atoms with Gasteiger partial charge in [0, 0.05) is 6.54 Å². The predicted octanol–water partition coefficient (Wildman–Crippen LogP) is 1.09. The molecule has 1 N–H and O–H groups in total. The molecule has 1 amide bonds. The Bertz CT molecular complexity index is 483. The van der Waals surface area contributed by atoms with Crippen LogP contribution in [0.2, 0.25) is 0 Å². The smallest absolute Gasteiger partial charge is 0.330 e. The normalized spacial score (nSPS) is 10.1. The van der Waals surface area contributed by atoms with Crippen LogP contribution in [0.5, 0.6) is 0 Å². The number of hydrogen-bond donors (Lipinski definition) is 1. The molecule has 0 saturated heterocycles. The van der Waals surface area contributed by atoms with Crippen LogP contribution in [-0.2, 0) is 30.3 Å². The minimum absolute atomic E-state index is 0.0893. The second-order valence-electron chi connectivity index (χ2n) is 4.46. The summed E-state index contributed by atoms with van der Waals surface area (Å²) < 4.78 is 9.51. The molecule has 0 heterocycles. The van der Waals surface area contributed by atoms with E-state index in [0.717, 1.165) is 5.56 Å². The lowest BCUT2D eigenvalue weighted by Crippen LogP contribution is -2.42. The van der Waals surface area contributed by atoms with Crippen molar-refractivity contribution >= 4 is 17.8 Å². The van der Waals surface area contributed by atoms with Crippen molar-refractivity contribution in [3.8, 4) is 0 Å². The van der Waals surface area contributed by atoms with E-state index in [1.54, 1.807) is 13.8 Å². The van der Waals surface area contributed by atoms with Crippen LogP contribution >= 0.6 is 0 Å². The van der Waals surface area contributed by atoms with E-state index in [2.05, 4.69) is 5.32 Å². The van der Waals surface area contributed by atoms with E-state index in [1.165, 1.54) is 0 Å². The van der Waals surface area contributed by atoms with Crippen molar-refractivity contribution in [3.63, 3.8) is 0 Å². The molecule has 0 spiro atoms. The molecule has 0 aliphatic heterocycles. The molecular weight excluding hydrogens is 286 g/mol. The third kappa shape index (κ3) is 5.55. The molecule has 0 saturated carbocycles. The molecule has 0 aliphatic rings. The van der Waals surface area contributed by atoms with E-state index in [9.17, 15) is 14.4 Å². The van der Waals surface area contributed by atoms with Gasteiger partial charge in [-0.05, 0) is 25.8 Å². The van der Waals surface area contributed by atoms with Crippen LogP contribution < -0.4 is 5.32 Å². The van der Waals surface area contributed by atoms with Gasteiger partial charge >= 0.3 is 11.9 Å². The van der Waals surface area contributed by atoms with E-state index >= 15 is 0 Å². The first-order valence-electron chi connectivity index (χ1n) is 7.25. The maximum Gasteiger partial charge on any atom is 0.330 e. The zero-order chi connectivity index (χ0) is 16.4. The van der Waals surface area contributed by atoms with Crippen LogP contribution in [0.1, 0.15) is 19.4 Å². The summed E-state index contributed by atoms with van der Waals surface area (Å²) >= 11 is 0. The molecule has 1 rings (SSSR count). The van der Waals surface area contributed by atoms with Crippen molar-refractivity contribution in [2.75, 3.05) is 19.8 Å². The SMILES string of the molecule is CCOC(=O)C(C(=O)NCCc1ccccc1)C(=O)OCC. The molecule has 120 valence electrons. The van der Waals surface area contributed by atoms with E-state index < -0.39 is 23.8 Å². The molecular formula is C16H21NO5. The molecule has 1 aromatic carbocycles. The quantitative estimate of drug-likeness (QED) is 0.574.